The Labute approximate surface area is 229 Å². The first-order valence-electron chi connectivity index (χ1n) is 13.1. The molecule has 0 aliphatic heterocycles. The second-order valence-electron chi connectivity index (χ2n) is 10.0. The van der Waals surface area contributed by atoms with Crippen molar-refractivity contribution in [2.24, 2.45) is 11.7 Å². The van der Waals surface area contributed by atoms with Crippen molar-refractivity contribution >= 4 is 28.4 Å². The van der Waals surface area contributed by atoms with Crippen molar-refractivity contribution < 1.29 is 9.90 Å². The van der Waals surface area contributed by atoms with Gasteiger partial charge in [0.05, 0.1) is 11.1 Å². The average molecular weight is 536 g/mol. The number of para-hydroxylation sites is 1. The van der Waals surface area contributed by atoms with Crippen molar-refractivity contribution in [2.45, 2.75) is 25.4 Å². The number of benzene rings is 2. The van der Waals surface area contributed by atoms with Gasteiger partial charge in [-0.3, -0.25) is 14.2 Å². The van der Waals surface area contributed by atoms with Crippen LogP contribution in [0.15, 0.2) is 84.2 Å². The van der Waals surface area contributed by atoms with E-state index in [0.29, 0.717) is 23.1 Å². The Morgan fingerprint density at radius 2 is 1.82 bits per heavy atom. The lowest BCUT2D eigenvalue weighted by molar-refractivity contribution is 0.102. The molecular formula is C30H29N7O3. The molecule has 0 atom stereocenters. The smallest absolute Gasteiger partial charge is 0.267 e. The van der Waals surface area contributed by atoms with E-state index >= 15 is 0 Å². The summed E-state index contributed by atoms with van der Waals surface area (Å²) in [5.74, 6) is 0.192. The maximum absolute atomic E-state index is 13.2. The van der Waals surface area contributed by atoms with Gasteiger partial charge >= 0.3 is 0 Å². The molecule has 1 aliphatic carbocycles. The lowest BCUT2D eigenvalue weighted by Crippen LogP contribution is -2.28. The molecule has 3 heterocycles. The van der Waals surface area contributed by atoms with E-state index in [2.05, 4.69) is 19.9 Å². The van der Waals surface area contributed by atoms with Gasteiger partial charge in [-0.05, 0) is 60.2 Å². The zero-order chi connectivity index (χ0) is 27.8. The topological polar surface area (TPSA) is 154 Å². The fourth-order valence-corrected chi connectivity index (χ4v) is 5.39. The third kappa shape index (κ3) is 4.42. The SMILES string of the molecule is NCc1ccccc1-n1cccc(C(=O)Nc2ccc(-c3cn(C4CC(CO)C4)c4ncnc(N)c34)cc2)c1=O. The Bertz CT molecular complexity index is 1770. The molecule has 0 bridgehead atoms. The van der Waals surface area contributed by atoms with Crippen LogP contribution in [0.1, 0.15) is 34.8 Å². The number of rotatable bonds is 7. The zero-order valence-electron chi connectivity index (χ0n) is 21.7. The normalized spacial score (nSPS) is 16.6. The molecule has 1 fully saturated rings. The van der Waals surface area contributed by atoms with E-state index in [4.69, 9.17) is 11.5 Å². The Morgan fingerprint density at radius 1 is 1.05 bits per heavy atom. The molecule has 1 aliphatic rings. The van der Waals surface area contributed by atoms with E-state index in [1.807, 2.05) is 36.5 Å². The monoisotopic (exact) mass is 535 g/mol. The molecule has 1 amide bonds. The summed E-state index contributed by atoms with van der Waals surface area (Å²) in [5.41, 5.74) is 16.2. The summed E-state index contributed by atoms with van der Waals surface area (Å²) in [6, 6.07) is 18.1. The quantitative estimate of drug-likeness (QED) is 0.249. The number of pyridine rings is 1. The van der Waals surface area contributed by atoms with E-state index in [1.54, 1.807) is 30.5 Å². The molecule has 10 nitrogen and oxygen atoms in total. The molecule has 0 spiro atoms. The highest BCUT2D eigenvalue weighted by atomic mass is 16.3. The predicted molar refractivity (Wildman–Crippen MR) is 154 cm³/mol. The number of anilines is 2. The van der Waals surface area contributed by atoms with Gasteiger partial charge in [0.15, 0.2) is 0 Å². The molecule has 6 N–H and O–H groups in total. The van der Waals surface area contributed by atoms with E-state index in [0.717, 1.165) is 40.6 Å². The van der Waals surface area contributed by atoms with Crippen molar-refractivity contribution in [3.05, 3.63) is 101 Å². The maximum Gasteiger partial charge on any atom is 0.267 e. The van der Waals surface area contributed by atoms with Crippen LogP contribution in [0, 0.1) is 5.92 Å². The molecule has 40 heavy (non-hydrogen) atoms. The number of aliphatic hydroxyl groups excluding tert-OH is 1. The van der Waals surface area contributed by atoms with Crippen LogP contribution in [0.5, 0.6) is 0 Å². The average Bonchev–Trinajstić information content (AvgIpc) is 3.33. The first-order valence-corrected chi connectivity index (χ1v) is 13.1. The third-order valence-electron chi connectivity index (χ3n) is 7.62. The molecule has 10 heteroatoms. The number of hydrogen-bond acceptors (Lipinski definition) is 7. The Balaban J connectivity index is 1.27. The lowest BCUT2D eigenvalue weighted by atomic mass is 9.81. The van der Waals surface area contributed by atoms with E-state index < -0.39 is 11.5 Å². The molecular weight excluding hydrogens is 506 g/mol. The highest BCUT2D eigenvalue weighted by molar-refractivity contribution is 6.04. The Kier molecular flexibility index (Phi) is 6.63. The number of aliphatic hydroxyl groups is 1. The summed E-state index contributed by atoms with van der Waals surface area (Å²) < 4.78 is 3.56. The van der Waals surface area contributed by atoms with Crippen LogP contribution >= 0.6 is 0 Å². The first kappa shape index (κ1) is 25.5. The van der Waals surface area contributed by atoms with Gasteiger partial charge in [-0.2, -0.15) is 0 Å². The van der Waals surface area contributed by atoms with Crippen LogP contribution in [-0.2, 0) is 6.54 Å². The molecule has 202 valence electrons. The van der Waals surface area contributed by atoms with Crippen LogP contribution in [0.25, 0.3) is 27.8 Å². The molecule has 0 saturated heterocycles. The zero-order valence-corrected chi connectivity index (χ0v) is 21.7. The number of amides is 1. The van der Waals surface area contributed by atoms with Crippen molar-refractivity contribution in [3.63, 3.8) is 0 Å². The number of carbonyl (C=O) groups is 1. The number of hydrogen-bond donors (Lipinski definition) is 4. The van der Waals surface area contributed by atoms with Gasteiger partial charge in [-0.15, -0.1) is 0 Å². The molecule has 0 unspecified atom stereocenters. The van der Waals surface area contributed by atoms with Gasteiger partial charge in [-0.25, -0.2) is 9.97 Å². The van der Waals surface area contributed by atoms with Gasteiger partial charge in [0.2, 0.25) is 0 Å². The van der Waals surface area contributed by atoms with Crippen molar-refractivity contribution in [3.8, 4) is 16.8 Å². The number of nitrogens with zero attached hydrogens (tertiary/aromatic N) is 4. The van der Waals surface area contributed by atoms with Gasteiger partial charge in [0, 0.05) is 42.8 Å². The maximum atomic E-state index is 13.2. The van der Waals surface area contributed by atoms with Crippen LogP contribution in [0.3, 0.4) is 0 Å². The largest absolute Gasteiger partial charge is 0.396 e. The van der Waals surface area contributed by atoms with Crippen molar-refractivity contribution in [2.75, 3.05) is 17.7 Å². The predicted octanol–water partition coefficient (Wildman–Crippen LogP) is 3.49. The minimum atomic E-state index is -0.505. The van der Waals surface area contributed by atoms with Crippen LogP contribution in [-0.4, -0.2) is 36.7 Å². The van der Waals surface area contributed by atoms with Gasteiger partial charge in [-0.1, -0.05) is 30.3 Å². The number of nitrogen functional groups attached to an aromatic ring is 1. The van der Waals surface area contributed by atoms with E-state index in [1.165, 1.54) is 17.0 Å². The standard InChI is InChI=1S/C30H29N7O3/c31-14-20-4-1-2-6-25(20)36-11-3-5-23(30(36)40)29(39)35-21-9-7-19(8-10-21)24-15-37(22-12-18(13-22)16-38)28-26(24)27(32)33-17-34-28/h1-11,15,17-18,22,38H,12-14,16,31H2,(H,35,39)(H2,32,33,34). The fraction of sp³-hybridized carbons (Fsp3) is 0.200. The first-order chi connectivity index (χ1) is 19.5. The molecule has 0 radical (unpaired) electrons. The van der Waals surface area contributed by atoms with Crippen molar-refractivity contribution in [1.82, 2.24) is 19.1 Å². The highest BCUT2D eigenvalue weighted by Crippen LogP contribution is 2.42. The number of nitrogens with two attached hydrogens (primary N) is 2. The number of fused-ring (bicyclic) bond motifs is 1. The van der Waals surface area contributed by atoms with Crippen LogP contribution in [0.4, 0.5) is 11.5 Å². The summed E-state index contributed by atoms with van der Waals surface area (Å²) in [4.78, 5) is 35.0. The van der Waals surface area contributed by atoms with E-state index in [-0.39, 0.29) is 24.8 Å². The molecule has 3 aromatic heterocycles. The molecule has 5 aromatic rings. The molecule has 2 aromatic carbocycles. The van der Waals surface area contributed by atoms with Gasteiger partial charge < -0.3 is 26.5 Å². The van der Waals surface area contributed by atoms with Crippen LogP contribution in [0.2, 0.25) is 0 Å². The number of aromatic nitrogens is 4. The van der Waals surface area contributed by atoms with Crippen molar-refractivity contribution in [1.29, 1.82) is 0 Å². The second-order valence-corrected chi connectivity index (χ2v) is 10.0. The lowest BCUT2D eigenvalue weighted by Gasteiger charge is -2.35. The van der Waals surface area contributed by atoms with Gasteiger partial charge in [0.25, 0.3) is 11.5 Å². The highest BCUT2D eigenvalue weighted by Gasteiger charge is 2.32. The minimum Gasteiger partial charge on any atom is -0.396 e. The Morgan fingerprint density at radius 3 is 2.58 bits per heavy atom. The summed E-state index contributed by atoms with van der Waals surface area (Å²) in [5, 5.41) is 13.1. The fourth-order valence-electron chi connectivity index (χ4n) is 5.39. The molecule has 1 saturated carbocycles. The summed E-state index contributed by atoms with van der Waals surface area (Å²) >= 11 is 0. The van der Waals surface area contributed by atoms with Crippen LogP contribution < -0.4 is 22.3 Å². The number of nitrogens with one attached hydrogen (secondary N) is 1. The summed E-state index contributed by atoms with van der Waals surface area (Å²) in [6.07, 6.45) is 6.89. The summed E-state index contributed by atoms with van der Waals surface area (Å²) in [6.45, 7) is 0.455. The van der Waals surface area contributed by atoms with Gasteiger partial charge in [0.1, 0.15) is 23.4 Å². The second kappa shape index (κ2) is 10.4. The van der Waals surface area contributed by atoms with E-state index in [9.17, 15) is 14.7 Å². The third-order valence-corrected chi connectivity index (χ3v) is 7.62. The summed E-state index contributed by atoms with van der Waals surface area (Å²) in [7, 11) is 0. The Hall–Kier alpha value is -4.80. The number of carbonyl (C=O) groups excluding carboxylic acids is 1. The molecule has 6 rings (SSSR count). The minimum absolute atomic E-state index is 0.0214.